The topological polar surface area (TPSA) is 49.4 Å². The number of anilines is 1. The van der Waals surface area contributed by atoms with Crippen molar-refractivity contribution >= 4 is 29.1 Å². The third-order valence-corrected chi connectivity index (χ3v) is 4.07. The first-order chi connectivity index (χ1) is 10.6. The molecule has 0 heterocycles. The first-order valence-corrected chi connectivity index (χ1v) is 7.39. The molecule has 2 atom stereocenters. The monoisotopic (exact) mass is 348 g/mol. The molecule has 2 amide bonds. The van der Waals surface area contributed by atoms with E-state index < -0.39 is 22.7 Å². The van der Waals surface area contributed by atoms with Gasteiger partial charge in [-0.2, -0.15) is 13.2 Å². The summed E-state index contributed by atoms with van der Waals surface area (Å²) in [5.41, 5.74) is -1.04. The van der Waals surface area contributed by atoms with Crippen LogP contribution in [0.4, 0.5) is 18.9 Å². The average molecular weight is 349 g/mol. The number of nitrogens with zero attached hydrogens (tertiary/aromatic N) is 1. The molecule has 23 heavy (non-hydrogen) atoms. The summed E-state index contributed by atoms with van der Waals surface area (Å²) in [5.74, 6) is -0.428. The van der Waals surface area contributed by atoms with E-state index in [1.165, 1.54) is 18.0 Å². The summed E-state index contributed by atoms with van der Waals surface area (Å²) in [7, 11) is 1.50. The fourth-order valence-corrected chi connectivity index (χ4v) is 2.49. The molecule has 1 aromatic carbocycles. The van der Waals surface area contributed by atoms with E-state index in [1.54, 1.807) is 0 Å². The van der Waals surface area contributed by atoms with Crippen LogP contribution in [-0.4, -0.2) is 30.3 Å². The van der Waals surface area contributed by atoms with Gasteiger partial charge >= 0.3 is 6.18 Å². The zero-order chi connectivity index (χ0) is 17.4. The Morgan fingerprint density at radius 3 is 2.52 bits per heavy atom. The molecule has 0 bridgehead atoms. The van der Waals surface area contributed by atoms with Gasteiger partial charge in [-0.05, 0) is 30.5 Å². The Labute approximate surface area is 136 Å². The predicted molar refractivity (Wildman–Crippen MR) is 80.0 cm³/mol. The SMILES string of the molecule is C[C@H]1C[C@@H]1C(=O)N(C)CC(=O)Nc1ccc(Cl)c(C(F)(F)F)c1. The second kappa shape index (κ2) is 6.39. The number of amides is 2. The Kier molecular flexibility index (Phi) is 4.89. The number of benzene rings is 1. The third kappa shape index (κ3) is 4.37. The molecule has 0 aromatic heterocycles. The van der Waals surface area contributed by atoms with Crippen molar-refractivity contribution in [3.05, 3.63) is 28.8 Å². The fourth-order valence-electron chi connectivity index (χ4n) is 2.26. The van der Waals surface area contributed by atoms with Gasteiger partial charge in [-0.1, -0.05) is 18.5 Å². The van der Waals surface area contributed by atoms with Crippen LogP contribution in [0, 0.1) is 11.8 Å². The van der Waals surface area contributed by atoms with Gasteiger partial charge in [0.2, 0.25) is 11.8 Å². The number of halogens is 4. The Morgan fingerprint density at radius 2 is 2.00 bits per heavy atom. The van der Waals surface area contributed by atoms with E-state index in [2.05, 4.69) is 5.32 Å². The lowest BCUT2D eigenvalue weighted by Gasteiger charge is -2.17. The van der Waals surface area contributed by atoms with E-state index in [0.717, 1.165) is 18.6 Å². The van der Waals surface area contributed by atoms with Crippen molar-refractivity contribution < 1.29 is 22.8 Å². The second-order valence-electron chi connectivity index (χ2n) is 5.75. The summed E-state index contributed by atoms with van der Waals surface area (Å²) in [5, 5.41) is 1.91. The maximum Gasteiger partial charge on any atom is 0.417 e. The number of carbonyl (C=O) groups excluding carboxylic acids is 2. The molecule has 1 aromatic rings. The lowest BCUT2D eigenvalue weighted by atomic mass is 10.2. The molecule has 0 aliphatic heterocycles. The van der Waals surface area contributed by atoms with Gasteiger partial charge in [-0.3, -0.25) is 9.59 Å². The lowest BCUT2D eigenvalue weighted by molar-refractivity contribution is -0.137. The van der Waals surface area contributed by atoms with Crippen LogP contribution in [0.25, 0.3) is 0 Å². The summed E-state index contributed by atoms with van der Waals surface area (Å²) in [4.78, 5) is 25.1. The molecule has 1 aliphatic carbocycles. The molecule has 8 heteroatoms. The molecule has 0 saturated heterocycles. The van der Waals surface area contributed by atoms with E-state index in [1.807, 2.05) is 6.92 Å². The highest BCUT2D eigenvalue weighted by molar-refractivity contribution is 6.31. The van der Waals surface area contributed by atoms with Gasteiger partial charge in [-0.15, -0.1) is 0 Å². The van der Waals surface area contributed by atoms with Crippen molar-refractivity contribution in [3.8, 4) is 0 Å². The van der Waals surface area contributed by atoms with Gasteiger partial charge in [0.1, 0.15) is 0 Å². The molecular formula is C15H16ClF3N2O2. The van der Waals surface area contributed by atoms with Crippen molar-refractivity contribution in [2.24, 2.45) is 11.8 Å². The zero-order valence-electron chi connectivity index (χ0n) is 12.6. The van der Waals surface area contributed by atoms with Crippen molar-refractivity contribution in [1.29, 1.82) is 0 Å². The Bertz CT molecular complexity index is 634. The van der Waals surface area contributed by atoms with Crippen molar-refractivity contribution in [2.45, 2.75) is 19.5 Å². The molecule has 1 saturated carbocycles. The standard InChI is InChI=1S/C15H16ClF3N2O2/c1-8-5-10(8)14(23)21(2)7-13(22)20-9-3-4-12(16)11(6-9)15(17,18)19/h3-4,6,8,10H,5,7H2,1-2H3,(H,20,22)/t8-,10-/m0/s1. The van der Waals surface area contributed by atoms with Crippen LogP contribution in [0.2, 0.25) is 5.02 Å². The van der Waals surface area contributed by atoms with Crippen LogP contribution in [0.15, 0.2) is 18.2 Å². The minimum atomic E-state index is -4.60. The minimum Gasteiger partial charge on any atom is -0.336 e. The molecule has 0 spiro atoms. The highest BCUT2D eigenvalue weighted by Crippen LogP contribution is 2.39. The molecule has 1 N–H and O–H groups in total. The molecular weight excluding hydrogens is 333 g/mol. The summed E-state index contributed by atoms with van der Waals surface area (Å²) >= 11 is 5.51. The molecule has 1 fully saturated rings. The Hall–Kier alpha value is -1.76. The first-order valence-electron chi connectivity index (χ1n) is 7.01. The van der Waals surface area contributed by atoms with Crippen LogP contribution in [0.3, 0.4) is 0 Å². The number of hydrogen-bond donors (Lipinski definition) is 1. The van der Waals surface area contributed by atoms with Gasteiger partial charge in [0.05, 0.1) is 17.1 Å². The Morgan fingerprint density at radius 1 is 1.39 bits per heavy atom. The van der Waals surface area contributed by atoms with Gasteiger partial charge in [0, 0.05) is 18.7 Å². The largest absolute Gasteiger partial charge is 0.417 e. The summed E-state index contributed by atoms with van der Waals surface area (Å²) < 4.78 is 38.3. The maximum absolute atomic E-state index is 12.8. The molecule has 0 radical (unpaired) electrons. The number of hydrogen-bond acceptors (Lipinski definition) is 2. The molecule has 2 rings (SSSR count). The van der Waals surface area contributed by atoms with Crippen LogP contribution < -0.4 is 5.32 Å². The second-order valence-corrected chi connectivity index (χ2v) is 6.16. The van der Waals surface area contributed by atoms with Gasteiger partial charge < -0.3 is 10.2 Å². The van der Waals surface area contributed by atoms with Gasteiger partial charge in [0.25, 0.3) is 0 Å². The van der Waals surface area contributed by atoms with Gasteiger partial charge in [0.15, 0.2) is 0 Å². The van der Waals surface area contributed by atoms with Gasteiger partial charge in [-0.25, -0.2) is 0 Å². The molecule has 0 unspecified atom stereocenters. The fraction of sp³-hybridized carbons (Fsp3) is 0.467. The highest BCUT2D eigenvalue weighted by Gasteiger charge is 2.41. The number of rotatable bonds is 4. The van der Waals surface area contributed by atoms with Crippen LogP contribution >= 0.6 is 11.6 Å². The quantitative estimate of drug-likeness (QED) is 0.906. The molecule has 4 nitrogen and oxygen atoms in total. The number of nitrogens with one attached hydrogen (secondary N) is 1. The van der Waals surface area contributed by atoms with Crippen LogP contribution in [0.1, 0.15) is 18.9 Å². The number of carbonyl (C=O) groups is 2. The van der Waals surface area contributed by atoms with E-state index >= 15 is 0 Å². The third-order valence-electron chi connectivity index (χ3n) is 3.74. The maximum atomic E-state index is 12.8. The lowest BCUT2D eigenvalue weighted by Crippen LogP contribution is -2.36. The summed E-state index contributed by atoms with van der Waals surface area (Å²) in [6, 6.07) is 3.12. The van der Waals surface area contributed by atoms with E-state index in [4.69, 9.17) is 11.6 Å². The normalized spacial score (nSPS) is 20.1. The van der Waals surface area contributed by atoms with E-state index in [-0.39, 0.29) is 24.1 Å². The first kappa shape index (κ1) is 17.6. The molecule has 1 aliphatic rings. The van der Waals surface area contributed by atoms with Crippen molar-refractivity contribution in [1.82, 2.24) is 4.90 Å². The number of alkyl halides is 3. The zero-order valence-corrected chi connectivity index (χ0v) is 13.3. The highest BCUT2D eigenvalue weighted by atomic mass is 35.5. The van der Waals surface area contributed by atoms with Crippen molar-refractivity contribution in [2.75, 3.05) is 18.9 Å². The minimum absolute atomic E-state index is 0.0210. The van der Waals surface area contributed by atoms with Crippen LogP contribution in [0.5, 0.6) is 0 Å². The number of likely N-dealkylation sites (N-methyl/N-ethyl adjacent to an activating group) is 1. The van der Waals surface area contributed by atoms with Crippen molar-refractivity contribution in [3.63, 3.8) is 0 Å². The van der Waals surface area contributed by atoms with E-state index in [9.17, 15) is 22.8 Å². The van der Waals surface area contributed by atoms with E-state index in [0.29, 0.717) is 5.92 Å². The Balaban J connectivity index is 1.99. The summed E-state index contributed by atoms with van der Waals surface area (Å²) in [6.07, 6.45) is -3.80. The van der Waals surface area contributed by atoms with Crippen LogP contribution in [-0.2, 0) is 15.8 Å². The predicted octanol–water partition coefficient (Wildman–Crippen LogP) is 3.41. The smallest absolute Gasteiger partial charge is 0.336 e. The average Bonchev–Trinajstić information content (AvgIpc) is 3.15. The summed E-state index contributed by atoms with van der Waals surface area (Å²) in [6.45, 7) is 1.73. The molecule has 126 valence electrons.